The van der Waals surface area contributed by atoms with Crippen LogP contribution >= 0.6 is 0 Å². The topological polar surface area (TPSA) is 41.6 Å². The molecule has 0 bridgehead atoms. The summed E-state index contributed by atoms with van der Waals surface area (Å²) in [7, 11) is 2.14. The molecule has 4 nitrogen and oxygen atoms in total. The van der Waals surface area contributed by atoms with Crippen molar-refractivity contribution in [2.45, 2.75) is 32.6 Å². The molecule has 0 heterocycles. The largest absolute Gasteiger partial charge is 0.369 e. The summed E-state index contributed by atoms with van der Waals surface area (Å²) in [5.74, 6) is -0.0725. The number of amides is 1. The van der Waals surface area contributed by atoms with Crippen LogP contribution in [0.2, 0.25) is 0 Å². The number of hydrogen-bond donors (Lipinski definition) is 1. The fraction of sp³-hybridized carbons (Fsp3) is 0.269. The Balaban J connectivity index is 1.61. The molecule has 0 saturated carbocycles. The van der Waals surface area contributed by atoms with Crippen molar-refractivity contribution < 1.29 is 9.53 Å². The average molecular weight is 403 g/mol. The van der Waals surface area contributed by atoms with Gasteiger partial charge in [0.25, 0.3) is 0 Å². The van der Waals surface area contributed by atoms with E-state index in [1.54, 1.807) is 0 Å². The van der Waals surface area contributed by atoms with E-state index >= 15 is 0 Å². The number of ether oxygens (including phenoxy) is 1. The second-order valence-corrected chi connectivity index (χ2v) is 7.60. The molecule has 1 amide bonds. The number of carbonyl (C=O) groups is 1. The van der Waals surface area contributed by atoms with Gasteiger partial charge in [0.1, 0.15) is 0 Å². The zero-order chi connectivity index (χ0) is 21.2. The summed E-state index contributed by atoms with van der Waals surface area (Å²) < 4.78 is 6.34. The first-order chi connectivity index (χ1) is 14.6. The lowest BCUT2D eigenvalue weighted by Crippen LogP contribution is -2.21. The molecule has 0 radical (unpaired) electrons. The van der Waals surface area contributed by atoms with E-state index in [1.807, 2.05) is 36.4 Å². The van der Waals surface area contributed by atoms with Crippen LogP contribution in [-0.4, -0.2) is 24.4 Å². The summed E-state index contributed by atoms with van der Waals surface area (Å²) in [6.07, 6.45) is 0.910. The van der Waals surface area contributed by atoms with E-state index in [2.05, 4.69) is 65.8 Å². The van der Waals surface area contributed by atoms with E-state index in [1.165, 1.54) is 18.1 Å². The number of anilines is 1. The molecule has 4 heteroatoms. The van der Waals surface area contributed by atoms with E-state index < -0.39 is 0 Å². The first-order valence-corrected chi connectivity index (χ1v) is 10.4. The van der Waals surface area contributed by atoms with Crippen LogP contribution in [0.3, 0.4) is 0 Å². The molecular formula is C26H30N2O2. The van der Waals surface area contributed by atoms with Crippen molar-refractivity contribution in [1.29, 1.82) is 0 Å². The van der Waals surface area contributed by atoms with Gasteiger partial charge in [-0.15, -0.1) is 0 Å². The van der Waals surface area contributed by atoms with Gasteiger partial charge in [0.05, 0.1) is 12.7 Å². The van der Waals surface area contributed by atoms with Crippen LogP contribution in [0, 0.1) is 0 Å². The molecule has 1 unspecified atom stereocenters. The summed E-state index contributed by atoms with van der Waals surface area (Å²) in [4.78, 5) is 13.6. The van der Waals surface area contributed by atoms with Gasteiger partial charge in [-0.2, -0.15) is 0 Å². The summed E-state index contributed by atoms with van der Waals surface area (Å²) in [6.45, 7) is 3.86. The summed E-state index contributed by atoms with van der Waals surface area (Å²) in [5.41, 5.74) is 4.33. The standard InChI is InChI=1S/C26H30N2O2/c1-21(29)27-25-15-9-12-23(18-25)20-30-26(24-13-7-4-8-14-24)16-17-28(2)19-22-10-5-3-6-11-22/h3-15,18,26H,16-17,19-20H2,1-2H3,(H,27,29). The molecule has 0 fully saturated rings. The zero-order valence-corrected chi connectivity index (χ0v) is 17.8. The third-order valence-electron chi connectivity index (χ3n) is 4.94. The molecule has 3 rings (SSSR count). The molecule has 1 atom stereocenters. The lowest BCUT2D eigenvalue weighted by molar-refractivity contribution is -0.114. The molecule has 0 saturated heterocycles. The molecule has 0 spiro atoms. The maximum absolute atomic E-state index is 11.3. The van der Waals surface area contributed by atoms with Crippen molar-refractivity contribution in [3.8, 4) is 0 Å². The van der Waals surface area contributed by atoms with Gasteiger partial charge in [-0.05, 0) is 42.3 Å². The van der Waals surface area contributed by atoms with Gasteiger partial charge in [0.2, 0.25) is 5.91 Å². The minimum atomic E-state index is -0.0725. The highest BCUT2D eigenvalue weighted by Crippen LogP contribution is 2.24. The highest BCUT2D eigenvalue weighted by molar-refractivity contribution is 5.88. The fourth-order valence-electron chi connectivity index (χ4n) is 3.46. The molecule has 30 heavy (non-hydrogen) atoms. The predicted molar refractivity (Wildman–Crippen MR) is 122 cm³/mol. The van der Waals surface area contributed by atoms with Gasteiger partial charge >= 0.3 is 0 Å². The Kier molecular flexibility index (Phi) is 8.19. The highest BCUT2D eigenvalue weighted by atomic mass is 16.5. The van der Waals surface area contributed by atoms with Crippen LogP contribution in [-0.2, 0) is 22.7 Å². The first kappa shape index (κ1) is 21.8. The SMILES string of the molecule is CC(=O)Nc1cccc(COC(CCN(C)Cc2ccccc2)c2ccccc2)c1. The summed E-state index contributed by atoms with van der Waals surface area (Å²) >= 11 is 0. The Bertz CT molecular complexity index is 913. The maximum atomic E-state index is 11.3. The van der Waals surface area contributed by atoms with Crippen LogP contribution in [0.4, 0.5) is 5.69 Å². The van der Waals surface area contributed by atoms with Gasteiger partial charge in [0, 0.05) is 25.7 Å². The number of carbonyl (C=O) groups excluding carboxylic acids is 1. The quantitative estimate of drug-likeness (QED) is 0.492. The van der Waals surface area contributed by atoms with Crippen LogP contribution < -0.4 is 5.32 Å². The van der Waals surface area contributed by atoms with Gasteiger partial charge < -0.3 is 15.0 Å². The van der Waals surface area contributed by atoms with E-state index in [9.17, 15) is 4.79 Å². The number of hydrogen-bond acceptors (Lipinski definition) is 3. The molecule has 156 valence electrons. The van der Waals surface area contributed by atoms with Crippen molar-refractivity contribution in [3.63, 3.8) is 0 Å². The van der Waals surface area contributed by atoms with Gasteiger partial charge in [0.15, 0.2) is 0 Å². The summed E-state index contributed by atoms with van der Waals surface area (Å²) in [6, 6.07) is 28.7. The smallest absolute Gasteiger partial charge is 0.221 e. The average Bonchev–Trinajstić information content (AvgIpc) is 2.75. The minimum Gasteiger partial charge on any atom is -0.369 e. The monoisotopic (exact) mass is 402 g/mol. The number of rotatable bonds is 10. The first-order valence-electron chi connectivity index (χ1n) is 10.4. The van der Waals surface area contributed by atoms with Crippen LogP contribution in [0.15, 0.2) is 84.9 Å². The Morgan fingerprint density at radius 1 is 0.933 bits per heavy atom. The number of benzene rings is 3. The molecule has 0 aliphatic heterocycles. The molecule has 1 N–H and O–H groups in total. The Labute approximate surface area is 179 Å². The van der Waals surface area contributed by atoms with Crippen molar-refractivity contribution in [2.24, 2.45) is 0 Å². The zero-order valence-electron chi connectivity index (χ0n) is 17.8. The minimum absolute atomic E-state index is 0.00819. The van der Waals surface area contributed by atoms with Gasteiger partial charge in [-0.25, -0.2) is 0 Å². The summed E-state index contributed by atoms with van der Waals surface area (Å²) in [5, 5.41) is 2.83. The third kappa shape index (κ3) is 7.14. The third-order valence-corrected chi connectivity index (χ3v) is 4.94. The molecule has 3 aromatic rings. The Morgan fingerprint density at radius 2 is 1.60 bits per heavy atom. The molecular weight excluding hydrogens is 372 g/mol. The van der Waals surface area contributed by atoms with Crippen molar-refractivity contribution >= 4 is 11.6 Å². The molecule has 0 aliphatic rings. The second kappa shape index (κ2) is 11.3. The Hall–Kier alpha value is -2.95. The highest BCUT2D eigenvalue weighted by Gasteiger charge is 2.14. The van der Waals surface area contributed by atoms with E-state index in [-0.39, 0.29) is 12.0 Å². The maximum Gasteiger partial charge on any atom is 0.221 e. The van der Waals surface area contributed by atoms with Crippen LogP contribution in [0.25, 0.3) is 0 Å². The van der Waals surface area contributed by atoms with Crippen molar-refractivity contribution in [2.75, 3.05) is 18.9 Å². The fourth-order valence-corrected chi connectivity index (χ4v) is 3.46. The van der Waals surface area contributed by atoms with E-state index in [4.69, 9.17) is 4.74 Å². The second-order valence-electron chi connectivity index (χ2n) is 7.60. The molecule has 3 aromatic carbocycles. The normalized spacial score (nSPS) is 12.0. The van der Waals surface area contributed by atoms with Crippen LogP contribution in [0.5, 0.6) is 0 Å². The van der Waals surface area contributed by atoms with Crippen molar-refractivity contribution in [3.05, 3.63) is 102 Å². The van der Waals surface area contributed by atoms with Crippen LogP contribution in [0.1, 0.15) is 36.1 Å². The number of nitrogens with zero attached hydrogens (tertiary/aromatic N) is 1. The van der Waals surface area contributed by atoms with Crippen molar-refractivity contribution in [1.82, 2.24) is 4.90 Å². The molecule has 0 aromatic heterocycles. The Morgan fingerprint density at radius 3 is 2.30 bits per heavy atom. The molecule has 0 aliphatic carbocycles. The van der Waals surface area contributed by atoms with Gasteiger partial charge in [-0.3, -0.25) is 4.79 Å². The lowest BCUT2D eigenvalue weighted by atomic mass is 10.1. The van der Waals surface area contributed by atoms with E-state index in [0.29, 0.717) is 6.61 Å². The number of nitrogens with one attached hydrogen (secondary N) is 1. The van der Waals surface area contributed by atoms with Gasteiger partial charge in [-0.1, -0.05) is 72.8 Å². The predicted octanol–water partition coefficient (Wildman–Crippen LogP) is 5.43. The lowest BCUT2D eigenvalue weighted by Gasteiger charge is -2.23. The van der Waals surface area contributed by atoms with E-state index in [0.717, 1.165) is 30.8 Å².